The minimum absolute atomic E-state index is 0.0232. The molecule has 0 heterocycles. The Kier molecular flexibility index (Phi) is 14.0. The number of carboxylic acid groups (broad SMARTS) is 1. The third-order valence-corrected chi connectivity index (χ3v) is 4.00. The van der Waals surface area contributed by atoms with Crippen molar-refractivity contribution < 1.29 is 43.3 Å². The van der Waals surface area contributed by atoms with Gasteiger partial charge in [0, 0.05) is 31.6 Å². The van der Waals surface area contributed by atoms with Gasteiger partial charge in [-0.25, -0.2) is 4.90 Å². The number of ether oxygens (including phenoxy) is 3. The molecule has 0 spiro atoms. The second kappa shape index (κ2) is 15.3. The van der Waals surface area contributed by atoms with E-state index in [9.17, 15) is 24.0 Å². The molecule has 0 fully saturated rings. The van der Waals surface area contributed by atoms with E-state index >= 15 is 0 Å². The quantitative estimate of drug-likeness (QED) is 0.151. The minimum Gasteiger partial charge on any atom is -0.480 e. The maximum Gasteiger partial charge on any atom is 0.317 e. The maximum absolute atomic E-state index is 12.3. The zero-order valence-electron chi connectivity index (χ0n) is 17.7. The van der Waals surface area contributed by atoms with Crippen LogP contribution in [0.4, 0.5) is 0 Å². The van der Waals surface area contributed by atoms with Crippen LogP contribution in [0, 0.1) is 5.41 Å². The van der Waals surface area contributed by atoms with E-state index in [0.29, 0.717) is 19.6 Å². The van der Waals surface area contributed by atoms with Crippen LogP contribution in [0.1, 0.15) is 20.8 Å². The van der Waals surface area contributed by atoms with Crippen LogP contribution < -0.4 is 0 Å². The number of hydrogen-bond acceptors (Lipinski definition) is 11. The summed E-state index contributed by atoms with van der Waals surface area (Å²) in [6.07, 6.45) is 0. The predicted octanol–water partition coefficient (Wildman–Crippen LogP) is -1.02. The Labute approximate surface area is 175 Å². The fourth-order valence-corrected chi connectivity index (χ4v) is 2.23. The van der Waals surface area contributed by atoms with Crippen LogP contribution in [-0.4, -0.2) is 110 Å². The Morgan fingerprint density at radius 1 is 0.733 bits per heavy atom. The molecule has 0 aromatic carbocycles. The number of rotatable bonds is 19. The molecule has 1 N–H and O–H groups in total. The zero-order chi connectivity index (χ0) is 23.0. The molecule has 0 atom stereocenters. The smallest absolute Gasteiger partial charge is 0.317 e. The molecule has 0 radical (unpaired) electrons. The number of hydrogen-bond donors (Lipinski definition) is 1. The average molecular weight is 433 g/mol. The Bertz CT molecular complexity index is 540. The van der Waals surface area contributed by atoms with Crippen LogP contribution in [0.5, 0.6) is 0 Å². The summed E-state index contributed by atoms with van der Waals surface area (Å²) in [5.74, 6) is -1.15. The molecule has 0 aliphatic rings. The van der Waals surface area contributed by atoms with E-state index in [-0.39, 0.29) is 65.0 Å². The molecule has 0 rings (SSSR count). The van der Waals surface area contributed by atoms with Gasteiger partial charge in [-0.05, 0) is 0 Å². The summed E-state index contributed by atoms with van der Waals surface area (Å²) in [5, 5.41) is 9.12. The lowest BCUT2D eigenvalue weighted by atomic mass is 9.90. The molecule has 0 aromatic heterocycles. The van der Waals surface area contributed by atoms with Crippen molar-refractivity contribution >= 4 is 31.2 Å². The molecule has 0 amide bonds. The number of carbonyl (C=O) groups is 5. The molecule has 172 valence electrons. The van der Waals surface area contributed by atoms with Gasteiger partial charge in [0.05, 0.1) is 13.1 Å². The molecule has 0 saturated carbocycles. The lowest BCUT2D eigenvalue weighted by Crippen LogP contribution is -2.45. The van der Waals surface area contributed by atoms with Crippen LogP contribution in [0.3, 0.4) is 0 Å². The second-order valence-corrected chi connectivity index (χ2v) is 7.47. The molecule has 0 unspecified atom stereocenters. The first-order valence-corrected chi connectivity index (χ1v) is 9.22. The van der Waals surface area contributed by atoms with E-state index in [0.717, 1.165) is 0 Å². The highest BCUT2D eigenvalue weighted by Crippen LogP contribution is 2.15. The summed E-state index contributed by atoms with van der Waals surface area (Å²) in [6, 6.07) is 0. The zero-order valence-corrected chi connectivity index (χ0v) is 17.7. The largest absolute Gasteiger partial charge is 0.480 e. The first-order valence-electron chi connectivity index (χ1n) is 9.22. The Morgan fingerprint density at radius 2 is 1.13 bits per heavy atom. The SMILES string of the molecule is CC(C)(C)C(=O)CN(CCN(CCN(COC=O)COC=O)COC=O)CC(=O)O. The van der Waals surface area contributed by atoms with Gasteiger partial charge in [-0.2, -0.15) is 0 Å². The van der Waals surface area contributed by atoms with Crippen molar-refractivity contribution in [3.63, 3.8) is 0 Å². The van der Waals surface area contributed by atoms with Crippen LogP contribution in [0.25, 0.3) is 0 Å². The van der Waals surface area contributed by atoms with Crippen molar-refractivity contribution in [1.82, 2.24) is 14.7 Å². The molecule has 0 aromatic rings. The maximum atomic E-state index is 12.3. The second-order valence-electron chi connectivity index (χ2n) is 7.47. The summed E-state index contributed by atoms with van der Waals surface area (Å²) in [4.78, 5) is 59.5. The molecule has 0 aliphatic heterocycles. The first kappa shape index (κ1) is 27.4. The van der Waals surface area contributed by atoms with E-state index in [1.165, 1.54) is 9.80 Å². The third-order valence-electron chi connectivity index (χ3n) is 4.00. The van der Waals surface area contributed by atoms with Crippen LogP contribution in [0.2, 0.25) is 0 Å². The summed E-state index contributed by atoms with van der Waals surface area (Å²) in [6.45, 7) is 6.65. The highest BCUT2D eigenvalue weighted by Gasteiger charge is 2.25. The van der Waals surface area contributed by atoms with Crippen molar-refractivity contribution in [3.05, 3.63) is 0 Å². The average Bonchev–Trinajstić information content (AvgIpc) is 2.67. The topological polar surface area (TPSA) is 143 Å². The fraction of sp³-hybridized carbons (Fsp3) is 0.722. The number of carboxylic acids is 1. The van der Waals surface area contributed by atoms with Gasteiger partial charge in [-0.15, -0.1) is 0 Å². The number of nitrogens with zero attached hydrogens (tertiary/aromatic N) is 3. The van der Waals surface area contributed by atoms with Gasteiger partial charge in [0.25, 0.3) is 19.4 Å². The van der Waals surface area contributed by atoms with E-state index in [2.05, 4.69) is 9.47 Å². The van der Waals surface area contributed by atoms with Gasteiger partial charge >= 0.3 is 5.97 Å². The van der Waals surface area contributed by atoms with Crippen LogP contribution >= 0.6 is 0 Å². The summed E-state index contributed by atoms with van der Waals surface area (Å²) in [7, 11) is 0. The molecule has 12 heteroatoms. The van der Waals surface area contributed by atoms with Gasteiger partial charge in [0.15, 0.2) is 5.78 Å². The van der Waals surface area contributed by atoms with E-state index in [1.807, 2.05) is 0 Å². The van der Waals surface area contributed by atoms with E-state index in [1.54, 1.807) is 25.7 Å². The highest BCUT2D eigenvalue weighted by atomic mass is 16.6. The molecule has 0 saturated heterocycles. The lowest BCUT2D eigenvalue weighted by Gasteiger charge is -2.29. The summed E-state index contributed by atoms with van der Waals surface area (Å²) < 4.78 is 14.1. The standard InChI is InChI=1S/C18H31N3O9/c1-18(2,3)16(25)8-20(9-17(26)27)6-4-19(10-28-13-22)5-7-21(11-29-14-23)12-30-15-24/h13-15H,4-12H2,1-3H3,(H,26,27). The van der Waals surface area contributed by atoms with Gasteiger partial charge in [0.1, 0.15) is 20.2 Å². The highest BCUT2D eigenvalue weighted by molar-refractivity contribution is 5.86. The number of Topliss-reactive ketones (excluding diaryl/α,β-unsaturated/α-hetero) is 1. The Hall–Kier alpha value is -2.57. The molecule has 0 aliphatic carbocycles. The van der Waals surface area contributed by atoms with Crippen molar-refractivity contribution in [1.29, 1.82) is 0 Å². The molecular formula is C18H31N3O9. The van der Waals surface area contributed by atoms with Gasteiger partial charge in [0.2, 0.25) is 0 Å². The molecule has 12 nitrogen and oxygen atoms in total. The minimum atomic E-state index is -1.06. The first-order chi connectivity index (χ1) is 14.1. The number of aliphatic carboxylic acids is 1. The normalized spacial score (nSPS) is 11.4. The van der Waals surface area contributed by atoms with E-state index < -0.39 is 11.4 Å². The van der Waals surface area contributed by atoms with Gasteiger partial charge in [-0.3, -0.25) is 33.8 Å². The Morgan fingerprint density at radius 3 is 1.53 bits per heavy atom. The van der Waals surface area contributed by atoms with Gasteiger partial charge < -0.3 is 19.3 Å². The molecule has 0 bridgehead atoms. The molecule has 30 heavy (non-hydrogen) atoms. The number of ketones is 1. The summed E-state index contributed by atoms with van der Waals surface area (Å²) in [5.41, 5.74) is -0.602. The van der Waals surface area contributed by atoms with Crippen molar-refractivity contribution in [3.8, 4) is 0 Å². The lowest BCUT2D eigenvalue weighted by molar-refractivity contribution is -0.143. The van der Waals surface area contributed by atoms with E-state index in [4.69, 9.17) is 9.84 Å². The van der Waals surface area contributed by atoms with Crippen LogP contribution in [-0.2, 0) is 38.2 Å². The fourth-order valence-electron chi connectivity index (χ4n) is 2.23. The Balaban J connectivity index is 4.92. The van der Waals surface area contributed by atoms with Crippen molar-refractivity contribution in [2.45, 2.75) is 20.8 Å². The van der Waals surface area contributed by atoms with Crippen molar-refractivity contribution in [2.24, 2.45) is 5.41 Å². The summed E-state index contributed by atoms with van der Waals surface area (Å²) >= 11 is 0. The van der Waals surface area contributed by atoms with Crippen molar-refractivity contribution in [2.75, 3.05) is 59.5 Å². The monoisotopic (exact) mass is 433 g/mol. The predicted molar refractivity (Wildman–Crippen MR) is 103 cm³/mol. The molecular weight excluding hydrogens is 402 g/mol. The number of carbonyl (C=O) groups excluding carboxylic acids is 4. The van der Waals surface area contributed by atoms with Gasteiger partial charge in [-0.1, -0.05) is 20.8 Å². The van der Waals surface area contributed by atoms with Crippen LogP contribution in [0.15, 0.2) is 0 Å². The third kappa shape index (κ3) is 13.6.